The molecule has 1 N–H and O–H groups in total. The van der Waals surface area contributed by atoms with Gasteiger partial charge in [0.05, 0.1) is 12.8 Å². The summed E-state index contributed by atoms with van der Waals surface area (Å²) in [7, 11) is 1.65. The first kappa shape index (κ1) is 8.51. The molecule has 0 radical (unpaired) electrons. The highest BCUT2D eigenvalue weighted by molar-refractivity contribution is 5.26. The molecule has 3 nitrogen and oxygen atoms in total. The Morgan fingerprint density at radius 1 is 1.46 bits per heavy atom. The number of aromatic nitrogens is 1. The smallest absolute Gasteiger partial charge is 0.213 e. The maximum Gasteiger partial charge on any atom is 0.213 e. The van der Waals surface area contributed by atoms with Crippen LogP contribution in [0.15, 0.2) is 12.1 Å². The van der Waals surface area contributed by atoms with Crippen LogP contribution in [0.1, 0.15) is 17.7 Å². The largest absolute Gasteiger partial charge is 0.481 e. The van der Waals surface area contributed by atoms with Crippen molar-refractivity contribution in [3.63, 3.8) is 0 Å². The van der Waals surface area contributed by atoms with Gasteiger partial charge in [-0.25, -0.2) is 4.98 Å². The molecule has 70 valence electrons. The summed E-state index contributed by atoms with van der Waals surface area (Å²) in [4.78, 5) is 4.41. The second-order valence-corrected chi connectivity index (χ2v) is 3.24. The molecule has 0 spiro atoms. The van der Waals surface area contributed by atoms with Crippen molar-refractivity contribution in [3.05, 3.63) is 23.4 Å². The van der Waals surface area contributed by atoms with Gasteiger partial charge in [-0.15, -0.1) is 0 Å². The average molecular weight is 178 g/mol. The Balaban J connectivity index is 2.32. The minimum atomic E-state index is 0.711. The molecule has 0 aromatic carbocycles. The summed E-state index contributed by atoms with van der Waals surface area (Å²) in [6, 6.07) is 4.05. The number of pyridine rings is 1. The van der Waals surface area contributed by atoms with Crippen LogP contribution in [0.25, 0.3) is 0 Å². The van der Waals surface area contributed by atoms with Gasteiger partial charge in [0.2, 0.25) is 5.88 Å². The maximum atomic E-state index is 5.08. The first-order valence-electron chi connectivity index (χ1n) is 4.63. The second kappa shape index (κ2) is 3.75. The molecule has 1 aromatic rings. The van der Waals surface area contributed by atoms with Gasteiger partial charge in [-0.3, -0.25) is 0 Å². The van der Waals surface area contributed by atoms with Crippen LogP contribution < -0.4 is 10.1 Å². The molecule has 0 atom stereocenters. The van der Waals surface area contributed by atoms with Crippen LogP contribution in [-0.2, 0) is 13.0 Å². The van der Waals surface area contributed by atoms with Gasteiger partial charge in [-0.05, 0) is 24.9 Å². The van der Waals surface area contributed by atoms with E-state index >= 15 is 0 Å². The quantitative estimate of drug-likeness (QED) is 0.700. The lowest BCUT2D eigenvalue weighted by Crippen LogP contribution is -2.13. The lowest BCUT2D eigenvalue weighted by atomic mass is 10.1. The molecule has 0 amide bonds. The van der Waals surface area contributed by atoms with Crippen LogP contribution in [0.5, 0.6) is 5.88 Å². The molecule has 1 aromatic heterocycles. The highest BCUT2D eigenvalue weighted by Crippen LogP contribution is 2.16. The number of ether oxygens (including phenoxy) is 1. The number of rotatable bonds is 1. The van der Waals surface area contributed by atoms with Crippen molar-refractivity contribution in [2.75, 3.05) is 13.7 Å². The van der Waals surface area contributed by atoms with Crippen LogP contribution in [0.4, 0.5) is 0 Å². The molecule has 2 heterocycles. The standard InChI is InChI=1S/C10H14N2O/c1-13-10-5-4-8-3-2-6-11-7-9(8)12-10/h4-5,11H,2-3,6-7H2,1H3. The molecule has 0 unspecified atom stereocenters. The van der Waals surface area contributed by atoms with E-state index in [0.29, 0.717) is 5.88 Å². The number of fused-ring (bicyclic) bond motifs is 1. The number of aryl methyl sites for hydroxylation is 1. The van der Waals surface area contributed by atoms with Crippen LogP contribution in [0.2, 0.25) is 0 Å². The predicted octanol–water partition coefficient (Wildman–Crippen LogP) is 1.13. The van der Waals surface area contributed by atoms with Crippen molar-refractivity contribution in [1.29, 1.82) is 0 Å². The molecule has 0 saturated heterocycles. The monoisotopic (exact) mass is 178 g/mol. The fourth-order valence-corrected chi connectivity index (χ4v) is 1.62. The van der Waals surface area contributed by atoms with Crippen molar-refractivity contribution < 1.29 is 4.74 Å². The SMILES string of the molecule is COc1ccc2c(n1)CNCCC2. The summed E-state index contributed by atoms with van der Waals surface area (Å²) in [5.41, 5.74) is 2.49. The van der Waals surface area contributed by atoms with Gasteiger partial charge in [-0.1, -0.05) is 6.07 Å². The van der Waals surface area contributed by atoms with Crippen molar-refractivity contribution >= 4 is 0 Å². The lowest BCUT2D eigenvalue weighted by Gasteiger charge is -2.05. The second-order valence-electron chi connectivity index (χ2n) is 3.24. The van der Waals surface area contributed by atoms with Crippen molar-refractivity contribution in [2.24, 2.45) is 0 Å². The van der Waals surface area contributed by atoms with E-state index < -0.39 is 0 Å². The fourth-order valence-electron chi connectivity index (χ4n) is 1.62. The molecule has 0 bridgehead atoms. The summed E-state index contributed by atoms with van der Waals surface area (Å²) in [6.07, 6.45) is 2.32. The van der Waals surface area contributed by atoms with E-state index in [9.17, 15) is 0 Å². The lowest BCUT2D eigenvalue weighted by molar-refractivity contribution is 0.395. The topological polar surface area (TPSA) is 34.1 Å². The van der Waals surface area contributed by atoms with Crippen molar-refractivity contribution in [1.82, 2.24) is 10.3 Å². The Bertz CT molecular complexity index is 299. The Morgan fingerprint density at radius 2 is 2.38 bits per heavy atom. The maximum absolute atomic E-state index is 5.08. The Morgan fingerprint density at radius 3 is 3.23 bits per heavy atom. The van der Waals surface area contributed by atoms with Crippen molar-refractivity contribution in [2.45, 2.75) is 19.4 Å². The Kier molecular flexibility index (Phi) is 2.45. The molecule has 2 rings (SSSR count). The van der Waals surface area contributed by atoms with E-state index in [4.69, 9.17) is 4.74 Å². The zero-order valence-electron chi connectivity index (χ0n) is 7.84. The van der Waals surface area contributed by atoms with E-state index in [0.717, 1.165) is 25.2 Å². The van der Waals surface area contributed by atoms with Gasteiger partial charge in [-0.2, -0.15) is 0 Å². The van der Waals surface area contributed by atoms with E-state index in [1.165, 1.54) is 12.0 Å². The molecule has 1 aliphatic heterocycles. The molecule has 1 aliphatic rings. The normalized spacial score (nSPS) is 16.1. The van der Waals surface area contributed by atoms with Crippen LogP contribution >= 0.6 is 0 Å². The summed E-state index contributed by atoms with van der Waals surface area (Å²) in [5.74, 6) is 0.711. The predicted molar refractivity (Wildman–Crippen MR) is 50.8 cm³/mol. The van der Waals surface area contributed by atoms with E-state index in [2.05, 4.69) is 16.4 Å². The third kappa shape index (κ3) is 1.80. The van der Waals surface area contributed by atoms with Gasteiger partial charge in [0, 0.05) is 12.6 Å². The minimum Gasteiger partial charge on any atom is -0.481 e. The molecule has 0 aliphatic carbocycles. The molecular formula is C10H14N2O. The molecule has 0 fully saturated rings. The van der Waals surface area contributed by atoms with Gasteiger partial charge < -0.3 is 10.1 Å². The summed E-state index contributed by atoms with van der Waals surface area (Å²) in [5, 5.41) is 3.34. The van der Waals surface area contributed by atoms with Gasteiger partial charge in [0.25, 0.3) is 0 Å². The third-order valence-corrected chi connectivity index (χ3v) is 2.34. The molecule has 0 saturated carbocycles. The summed E-state index contributed by atoms with van der Waals surface area (Å²) in [6.45, 7) is 1.95. The molecular weight excluding hydrogens is 164 g/mol. The van der Waals surface area contributed by atoms with E-state index in [1.54, 1.807) is 7.11 Å². The van der Waals surface area contributed by atoms with Gasteiger partial charge in [0.15, 0.2) is 0 Å². The van der Waals surface area contributed by atoms with Crippen LogP contribution in [-0.4, -0.2) is 18.6 Å². The summed E-state index contributed by atoms with van der Waals surface area (Å²) >= 11 is 0. The first-order chi connectivity index (χ1) is 6.40. The van der Waals surface area contributed by atoms with Crippen LogP contribution in [0.3, 0.4) is 0 Å². The summed E-state index contributed by atoms with van der Waals surface area (Å²) < 4.78 is 5.08. The fraction of sp³-hybridized carbons (Fsp3) is 0.500. The molecule has 3 heteroatoms. The Labute approximate surface area is 78.1 Å². The minimum absolute atomic E-state index is 0.711. The first-order valence-corrected chi connectivity index (χ1v) is 4.63. The number of hydrogen-bond donors (Lipinski definition) is 1. The zero-order valence-corrected chi connectivity index (χ0v) is 7.84. The highest BCUT2D eigenvalue weighted by Gasteiger charge is 2.08. The zero-order chi connectivity index (χ0) is 9.10. The van der Waals surface area contributed by atoms with Gasteiger partial charge in [0.1, 0.15) is 0 Å². The number of nitrogens with one attached hydrogen (secondary N) is 1. The number of methoxy groups -OCH3 is 1. The number of hydrogen-bond acceptors (Lipinski definition) is 3. The highest BCUT2D eigenvalue weighted by atomic mass is 16.5. The van der Waals surface area contributed by atoms with E-state index in [1.807, 2.05) is 6.07 Å². The Hall–Kier alpha value is -1.09. The van der Waals surface area contributed by atoms with Gasteiger partial charge >= 0.3 is 0 Å². The van der Waals surface area contributed by atoms with Crippen LogP contribution in [0, 0.1) is 0 Å². The number of nitrogens with zero attached hydrogens (tertiary/aromatic N) is 1. The third-order valence-electron chi connectivity index (χ3n) is 2.34. The average Bonchev–Trinajstić information content (AvgIpc) is 2.41. The van der Waals surface area contributed by atoms with Crippen molar-refractivity contribution in [3.8, 4) is 5.88 Å². The van der Waals surface area contributed by atoms with E-state index in [-0.39, 0.29) is 0 Å². The molecule has 13 heavy (non-hydrogen) atoms.